The van der Waals surface area contributed by atoms with E-state index >= 15 is 0 Å². The predicted octanol–water partition coefficient (Wildman–Crippen LogP) is 4.27. The molecule has 0 aromatic rings. The fraction of sp³-hybridized carbons (Fsp3) is 0.846. The summed E-state index contributed by atoms with van der Waals surface area (Å²) in [5.41, 5.74) is 1.49. The maximum Gasteiger partial charge on any atom is -0.0201 e. The third-order valence-corrected chi connectivity index (χ3v) is 3.97. The van der Waals surface area contributed by atoms with Crippen molar-refractivity contribution in [3.8, 4) is 0 Å². The summed E-state index contributed by atoms with van der Waals surface area (Å²) in [6, 6.07) is 0. The Labute approximate surface area is 83.4 Å². The zero-order valence-corrected chi connectivity index (χ0v) is 9.64. The van der Waals surface area contributed by atoms with Gasteiger partial charge in [-0.3, -0.25) is 0 Å². The van der Waals surface area contributed by atoms with Crippen molar-refractivity contribution in [2.45, 2.75) is 47.0 Å². The first-order valence-corrected chi connectivity index (χ1v) is 5.80. The molecule has 0 radical (unpaired) electrons. The van der Waals surface area contributed by atoms with Crippen molar-refractivity contribution in [1.82, 2.24) is 0 Å². The van der Waals surface area contributed by atoms with Crippen LogP contribution in [0.5, 0.6) is 0 Å². The minimum atomic E-state index is 0.716. The normalized spacial score (nSPS) is 31.1. The fourth-order valence-electron chi connectivity index (χ4n) is 2.34. The van der Waals surface area contributed by atoms with E-state index in [0.29, 0.717) is 5.92 Å². The minimum absolute atomic E-state index is 0.716. The molecule has 0 aliphatic heterocycles. The van der Waals surface area contributed by atoms with Crippen LogP contribution in [0.1, 0.15) is 47.0 Å². The van der Waals surface area contributed by atoms with Crippen LogP contribution in [0.3, 0.4) is 0 Å². The number of rotatable bonds is 5. The van der Waals surface area contributed by atoms with Gasteiger partial charge in [0.15, 0.2) is 0 Å². The highest BCUT2D eigenvalue weighted by atomic mass is 14.4. The molecule has 0 saturated heterocycles. The molecule has 0 N–H and O–H groups in total. The summed E-state index contributed by atoms with van der Waals surface area (Å²) in [5, 5.41) is 0. The Morgan fingerprint density at radius 1 is 1.38 bits per heavy atom. The van der Waals surface area contributed by atoms with Crippen molar-refractivity contribution in [3.05, 3.63) is 12.2 Å². The van der Waals surface area contributed by atoms with Gasteiger partial charge in [-0.05, 0) is 36.5 Å². The molecule has 1 fully saturated rings. The van der Waals surface area contributed by atoms with Crippen molar-refractivity contribution in [1.29, 1.82) is 0 Å². The molecule has 0 amide bonds. The molecule has 0 spiro atoms. The summed E-state index contributed by atoms with van der Waals surface area (Å²) >= 11 is 0. The summed E-state index contributed by atoms with van der Waals surface area (Å²) in [7, 11) is 0. The Kier molecular flexibility index (Phi) is 3.58. The Bertz CT molecular complexity index is 180. The Morgan fingerprint density at radius 3 is 2.38 bits per heavy atom. The third-order valence-electron chi connectivity index (χ3n) is 3.97. The molecule has 0 bridgehead atoms. The van der Waals surface area contributed by atoms with Crippen LogP contribution < -0.4 is 0 Å². The molecule has 1 rings (SSSR count). The van der Waals surface area contributed by atoms with E-state index in [1.54, 1.807) is 0 Å². The first kappa shape index (κ1) is 10.8. The van der Waals surface area contributed by atoms with Gasteiger partial charge >= 0.3 is 0 Å². The van der Waals surface area contributed by atoms with Crippen LogP contribution in [0.25, 0.3) is 0 Å². The van der Waals surface area contributed by atoms with Crippen LogP contribution in [0.2, 0.25) is 0 Å². The third kappa shape index (κ3) is 2.36. The molecule has 0 heteroatoms. The number of hydrogen-bond donors (Lipinski definition) is 0. The number of hydrogen-bond acceptors (Lipinski definition) is 0. The molecular formula is C13H24. The van der Waals surface area contributed by atoms with Crippen molar-refractivity contribution in [3.63, 3.8) is 0 Å². The topological polar surface area (TPSA) is 0 Å². The van der Waals surface area contributed by atoms with Gasteiger partial charge in [0.05, 0.1) is 0 Å². The van der Waals surface area contributed by atoms with E-state index in [1.807, 2.05) is 0 Å². The highest BCUT2D eigenvalue weighted by Crippen LogP contribution is 2.49. The summed E-state index contributed by atoms with van der Waals surface area (Å²) in [4.78, 5) is 0. The van der Waals surface area contributed by atoms with E-state index in [0.717, 1.165) is 17.8 Å². The molecule has 1 saturated carbocycles. The van der Waals surface area contributed by atoms with Gasteiger partial charge in [0.1, 0.15) is 0 Å². The van der Waals surface area contributed by atoms with Crippen molar-refractivity contribution in [2.24, 2.45) is 23.7 Å². The van der Waals surface area contributed by atoms with Crippen molar-refractivity contribution < 1.29 is 0 Å². The average Bonchev–Trinajstić information content (AvgIpc) is 2.93. The van der Waals surface area contributed by atoms with Crippen molar-refractivity contribution in [2.75, 3.05) is 0 Å². The molecule has 76 valence electrons. The summed E-state index contributed by atoms with van der Waals surface area (Å²) < 4.78 is 0. The zero-order chi connectivity index (χ0) is 10.0. The quantitative estimate of drug-likeness (QED) is 0.554. The second-order valence-corrected chi connectivity index (χ2v) is 4.74. The van der Waals surface area contributed by atoms with Gasteiger partial charge < -0.3 is 0 Å². The molecule has 4 unspecified atom stereocenters. The smallest absolute Gasteiger partial charge is 0.0201 e. The molecule has 0 aromatic heterocycles. The van der Waals surface area contributed by atoms with Crippen LogP contribution in [0.15, 0.2) is 12.2 Å². The van der Waals surface area contributed by atoms with Crippen LogP contribution in [-0.4, -0.2) is 0 Å². The second-order valence-electron chi connectivity index (χ2n) is 4.74. The molecule has 1 aliphatic carbocycles. The molecule has 0 nitrogen and oxygen atoms in total. The van der Waals surface area contributed by atoms with Gasteiger partial charge in [-0.2, -0.15) is 0 Å². The second kappa shape index (κ2) is 4.30. The van der Waals surface area contributed by atoms with Gasteiger partial charge in [0.2, 0.25) is 0 Å². The zero-order valence-electron chi connectivity index (χ0n) is 9.64. The van der Waals surface area contributed by atoms with E-state index in [1.165, 1.54) is 24.8 Å². The molecule has 4 atom stereocenters. The highest BCUT2D eigenvalue weighted by Gasteiger charge is 2.40. The lowest BCUT2D eigenvalue weighted by Crippen LogP contribution is -2.09. The first-order chi connectivity index (χ1) is 6.11. The van der Waals surface area contributed by atoms with Crippen LogP contribution >= 0.6 is 0 Å². The number of allylic oxidation sites excluding steroid dienone is 1. The van der Waals surface area contributed by atoms with Crippen LogP contribution in [0.4, 0.5) is 0 Å². The van der Waals surface area contributed by atoms with Gasteiger partial charge in [-0.25, -0.2) is 0 Å². The molecular weight excluding hydrogens is 156 g/mol. The van der Waals surface area contributed by atoms with E-state index in [2.05, 4.69) is 34.3 Å². The van der Waals surface area contributed by atoms with Gasteiger partial charge in [-0.15, -0.1) is 0 Å². The summed E-state index contributed by atoms with van der Waals surface area (Å²) in [6.45, 7) is 13.5. The lowest BCUT2D eigenvalue weighted by Gasteiger charge is -2.20. The monoisotopic (exact) mass is 180 g/mol. The SMILES string of the molecule is C=C(C(C)CC)C(C)C1CC1CC. The van der Waals surface area contributed by atoms with E-state index < -0.39 is 0 Å². The Hall–Kier alpha value is -0.260. The van der Waals surface area contributed by atoms with Crippen LogP contribution in [0, 0.1) is 23.7 Å². The Balaban J connectivity index is 2.40. The van der Waals surface area contributed by atoms with Gasteiger partial charge in [0, 0.05) is 0 Å². The van der Waals surface area contributed by atoms with E-state index in [-0.39, 0.29) is 0 Å². The maximum atomic E-state index is 4.26. The molecule has 1 aliphatic rings. The molecule has 13 heavy (non-hydrogen) atoms. The van der Waals surface area contributed by atoms with E-state index in [4.69, 9.17) is 0 Å². The molecule has 0 heterocycles. The largest absolute Gasteiger partial charge is 0.0993 e. The Morgan fingerprint density at radius 2 is 2.00 bits per heavy atom. The van der Waals surface area contributed by atoms with Gasteiger partial charge in [-0.1, -0.05) is 46.3 Å². The molecule has 0 aromatic carbocycles. The first-order valence-electron chi connectivity index (χ1n) is 5.80. The average molecular weight is 180 g/mol. The van der Waals surface area contributed by atoms with E-state index in [9.17, 15) is 0 Å². The maximum absolute atomic E-state index is 4.26. The van der Waals surface area contributed by atoms with Gasteiger partial charge in [0.25, 0.3) is 0 Å². The predicted molar refractivity (Wildman–Crippen MR) is 59.6 cm³/mol. The standard InChI is InChI=1S/C13H24/c1-6-9(3)10(4)11(5)13-8-12(13)7-2/h9,11-13H,4,6-8H2,1-3,5H3. The minimum Gasteiger partial charge on any atom is -0.0993 e. The van der Waals surface area contributed by atoms with Crippen LogP contribution in [-0.2, 0) is 0 Å². The summed E-state index contributed by atoms with van der Waals surface area (Å²) in [6.07, 6.45) is 4.06. The summed E-state index contributed by atoms with van der Waals surface area (Å²) in [5.74, 6) is 3.45. The lowest BCUT2D eigenvalue weighted by atomic mass is 9.86. The van der Waals surface area contributed by atoms with Crippen molar-refractivity contribution >= 4 is 0 Å². The fourth-order valence-corrected chi connectivity index (χ4v) is 2.34. The lowest BCUT2D eigenvalue weighted by molar-refractivity contribution is 0.473. The highest BCUT2D eigenvalue weighted by molar-refractivity contribution is 5.09.